The molecule has 1 rings (SSSR count). The zero-order valence-electron chi connectivity index (χ0n) is 7.29. The number of carbonyl (C=O) groups is 1. The molecule has 3 nitrogen and oxygen atoms in total. The molecule has 1 aliphatic rings. The van der Waals surface area contributed by atoms with Gasteiger partial charge in [-0.15, -0.1) is 0 Å². The van der Waals surface area contributed by atoms with Gasteiger partial charge in [-0.1, -0.05) is 0 Å². The zero-order chi connectivity index (χ0) is 9.19. The van der Waals surface area contributed by atoms with E-state index in [2.05, 4.69) is 12.6 Å². The summed E-state index contributed by atoms with van der Waals surface area (Å²) >= 11 is 3.92. The van der Waals surface area contributed by atoms with Crippen LogP contribution in [-0.2, 0) is 4.79 Å². The Kier molecular flexibility index (Phi) is 3.01. The Morgan fingerprint density at radius 1 is 1.58 bits per heavy atom. The van der Waals surface area contributed by atoms with E-state index in [1.54, 1.807) is 4.90 Å². The number of aliphatic hydroxyl groups is 1. The molecule has 1 saturated heterocycles. The van der Waals surface area contributed by atoms with Gasteiger partial charge in [0, 0.05) is 13.1 Å². The predicted molar refractivity (Wildman–Crippen MR) is 50.3 cm³/mol. The number of amides is 1. The molecule has 0 aromatic rings. The van der Waals surface area contributed by atoms with Crippen LogP contribution in [0.5, 0.6) is 0 Å². The Hall–Kier alpha value is -0.220. The number of nitrogens with zero attached hydrogens (tertiary/aromatic N) is 1. The number of piperidine rings is 1. The topological polar surface area (TPSA) is 40.5 Å². The largest absolute Gasteiger partial charge is 0.390 e. The molecule has 4 heteroatoms. The molecule has 0 atom stereocenters. The van der Waals surface area contributed by atoms with E-state index in [0.717, 1.165) is 0 Å². The van der Waals surface area contributed by atoms with Crippen molar-refractivity contribution in [1.82, 2.24) is 4.90 Å². The van der Waals surface area contributed by atoms with Crippen molar-refractivity contribution in [2.24, 2.45) is 0 Å². The Balaban J connectivity index is 2.41. The van der Waals surface area contributed by atoms with Gasteiger partial charge in [0.2, 0.25) is 5.91 Å². The number of hydrogen-bond donors (Lipinski definition) is 2. The lowest BCUT2D eigenvalue weighted by atomic mass is 9.94. The Bertz CT molecular complexity index is 172. The Morgan fingerprint density at radius 2 is 2.08 bits per heavy atom. The van der Waals surface area contributed by atoms with Crippen LogP contribution >= 0.6 is 12.6 Å². The fraction of sp³-hybridized carbons (Fsp3) is 0.875. The summed E-state index contributed by atoms with van der Waals surface area (Å²) in [6.07, 6.45) is 1.35. The second-order valence-corrected chi connectivity index (χ2v) is 3.85. The zero-order valence-corrected chi connectivity index (χ0v) is 8.18. The third-order valence-electron chi connectivity index (χ3n) is 2.33. The second-order valence-electron chi connectivity index (χ2n) is 3.54. The molecule has 0 unspecified atom stereocenters. The summed E-state index contributed by atoms with van der Waals surface area (Å²) in [4.78, 5) is 12.9. The van der Waals surface area contributed by atoms with E-state index in [4.69, 9.17) is 0 Å². The molecule has 0 aromatic carbocycles. The SMILES string of the molecule is CC1(O)CCN(C(=O)CS)CC1. The van der Waals surface area contributed by atoms with Crippen molar-refractivity contribution in [2.45, 2.75) is 25.4 Å². The Labute approximate surface area is 78.2 Å². The minimum Gasteiger partial charge on any atom is -0.390 e. The first-order valence-corrected chi connectivity index (χ1v) is 4.79. The molecule has 0 aliphatic carbocycles. The van der Waals surface area contributed by atoms with Crippen LogP contribution < -0.4 is 0 Å². The number of rotatable bonds is 1. The molecule has 0 radical (unpaired) electrons. The van der Waals surface area contributed by atoms with Crippen LogP contribution in [0.4, 0.5) is 0 Å². The number of hydrogen-bond acceptors (Lipinski definition) is 3. The van der Waals surface area contributed by atoms with Gasteiger partial charge in [0.25, 0.3) is 0 Å². The second kappa shape index (κ2) is 3.66. The predicted octanol–water partition coefficient (Wildman–Crippen LogP) is 0.290. The summed E-state index contributed by atoms with van der Waals surface area (Å²) in [6.45, 7) is 3.13. The van der Waals surface area contributed by atoms with Gasteiger partial charge in [-0.2, -0.15) is 12.6 Å². The fourth-order valence-corrected chi connectivity index (χ4v) is 1.54. The van der Waals surface area contributed by atoms with Crippen molar-refractivity contribution in [3.8, 4) is 0 Å². The summed E-state index contributed by atoms with van der Waals surface area (Å²) in [5, 5.41) is 9.59. The van der Waals surface area contributed by atoms with Crippen LogP contribution in [0.2, 0.25) is 0 Å². The van der Waals surface area contributed by atoms with Crippen molar-refractivity contribution in [1.29, 1.82) is 0 Å². The van der Waals surface area contributed by atoms with Gasteiger partial charge < -0.3 is 10.0 Å². The maximum absolute atomic E-state index is 11.1. The van der Waals surface area contributed by atoms with E-state index in [0.29, 0.717) is 25.9 Å². The Morgan fingerprint density at radius 3 is 2.50 bits per heavy atom. The average molecular weight is 189 g/mol. The average Bonchev–Trinajstić information content (AvgIpc) is 2.03. The van der Waals surface area contributed by atoms with E-state index < -0.39 is 5.60 Å². The van der Waals surface area contributed by atoms with Crippen molar-refractivity contribution in [3.05, 3.63) is 0 Å². The van der Waals surface area contributed by atoms with Crippen LogP contribution in [0.1, 0.15) is 19.8 Å². The molecule has 12 heavy (non-hydrogen) atoms. The first-order chi connectivity index (χ1) is 5.55. The van der Waals surface area contributed by atoms with Crippen molar-refractivity contribution in [2.75, 3.05) is 18.8 Å². The van der Waals surface area contributed by atoms with Crippen molar-refractivity contribution >= 4 is 18.5 Å². The number of likely N-dealkylation sites (tertiary alicyclic amines) is 1. The normalized spacial score (nSPS) is 22.4. The molecule has 1 heterocycles. The molecular formula is C8H15NO2S. The first-order valence-electron chi connectivity index (χ1n) is 4.16. The lowest BCUT2D eigenvalue weighted by Gasteiger charge is -2.35. The van der Waals surface area contributed by atoms with Gasteiger partial charge in [-0.25, -0.2) is 0 Å². The van der Waals surface area contributed by atoms with E-state index in [9.17, 15) is 9.90 Å². The molecule has 0 bridgehead atoms. The third-order valence-corrected chi connectivity index (χ3v) is 2.60. The molecule has 0 saturated carbocycles. The van der Waals surface area contributed by atoms with E-state index in [1.165, 1.54) is 0 Å². The molecule has 0 aromatic heterocycles. The standard InChI is InChI=1S/C8H15NO2S/c1-8(11)2-4-9(5-3-8)7(10)6-12/h11-12H,2-6H2,1H3. The summed E-state index contributed by atoms with van der Waals surface area (Å²) in [5.41, 5.74) is -0.576. The van der Waals surface area contributed by atoms with Gasteiger partial charge in [0.05, 0.1) is 11.4 Å². The highest BCUT2D eigenvalue weighted by molar-refractivity contribution is 7.81. The molecule has 1 aliphatic heterocycles. The van der Waals surface area contributed by atoms with Crippen molar-refractivity contribution < 1.29 is 9.90 Å². The number of carbonyl (C=O) groups excluding carboxylic acids is 1. The smallest absolute Gasteiger partial charge is 0.232 e. The van der Waals surface area contributed by atoms with Crippen LogP contribution in [0.3, 0.4) is 0 Å². The summed E-state index contributed by atoms with van der Waals surface area (Å²) in [6, 6.07) is 0. The van der Waals surface area contributed by atoms with Crippen LogP contribution in [-0.4, -0.2) is 40.4 Å². The highest BCUT2D eigenvalue weighted by Crippen LogP contribution is 2.20. The molecular weight excluding hydrogens is 174 g/mol. The first kappa shape index (κ1) is 9.86. The van der Waals surface area contributed by atoms with Crippen LogP contribution in [0.25, 0.3) is 0 Å². The van der Waals surface area contributed by atoms with E-state index in [-0.39, 0.29) is 11.7 Å². The third kappa shape index (κ3) is 2.38. The molecule has 1 fully saturated rings. The highest BCUT2D eigenvalue weighted by atomic mass is 32.1. The minimum atomic E-state index is -0.576. The molecule has 0 spiro atoms. The molecule has 70 valence electrons. The fourth-order valence-electron chi connectivity index (χ4n) is 1.34. The van der Waals surface area contributed by atoms with E-state index >= 15 is 0 Å². The monoisotopic (exact) mass is 189 g/mol. The van der Waals surface area contributed by atoms with Crippen molar-refractivity contribution in [3.63, 3.8) is 0 Å². The van der Waals surface area contributed by atoms with Gasteiger partial charge in [-0.3, -0.25) is 4.79 Å². The highest BCUT2D eigenvalue weighted by Gasteiger charge is 2.28. The summed E-state index contributed by atoms with van der Waals surface area (Å²) in [5.74, 6) is 0.330. The lowest BCUT2D eigenvalue weighted by molar-refractivity contribution is -0.132. The van der Waals surface area contributed by atoms with E-state index in [1.807, 2.05) is 6.92 Å². The van der Waals surface area contributed by atoms with Gasteiger partial charge in [0.15, 0.2) is 0 Å². The number of thiol groups is 1. The summed E-state index contributed by atoms with van der Waals surface area (Å²) in [7, 11) is 0. The van der Waals surface area contributed by atoms with Gasteiger partial charge >= 0.3 is 0 Å². The van der Waals surface area contributed by atoms with Gasteiger partial charge in [0.1, 0.15) is 0 Å². The molecule has 1 amide bonds. The minimum absolute atomic E-state index is 0.0637. The maximum Gasteiger partial charge on any atom is 0.232 e. The molecule has 1 N–H and O–H groups in total. The van der Waals surface area contributed by atoms with Gasteiger partial charge in [-0.05, 0) is 19.8 Å². The summed E-state index contributed by atoms with van der Waals surface area (Å²) < 4.78 is 0. The maximum atomic E-state index is 11.1. The quantitative estimate of drug-likeness (QED) is 0.582. The lowest BCUT2D eigenvalue weighted by Crippen LogP contribution is -2.45. The van der Waals surface area contributed by atoms with Crippen LogP contribution in [0.15, 0.2) is 0 Å². The van der Waals surface area contributed by atoms with Crippen LogP contribution in [0, 0.1) is 0 Å².